The van der Waals surface area contributed by atoms with Crippen molar-refractivity contribution < 1.29 is 37.5 Å². The number of hydrogen-bond acceptors (Lipinski definition) is 5. The second kappa shape index (κ2) is 10.5. The van der Waals surface area contributed by atoms with Crippen molar-refractivity contribution >= 4 is 29.3 Å². The summed E-state index contributed by atoms with van der Waals surface area (Å²) in [7, 11) is 1.80. The van der Waals surface area contributed by atoms with E-state index in [9.17, 15) is 4.79 Å². The van der Waals surface area contributed by atoms with Crippen LogP contribution in [0.4, 0.5) is 0 Å². The van der Waals surface area contributed by atoms with E-state index in [0.29, 0.717) is 10.7 Å². The number of rotatable bonds is 2. The van der Waals surface area contributed by atoms with E-state index >= 15 is 0 Å². The second-order valence-corrected chi connectivity index (χ2v) is 5.11. The van der Waals surface area contributed by atoms with Gasteiger partial charge in [0.1, 0.15) is 10.9 Å². The molecule has 8 heteroatoms. The van der Waals surface area contributed by atoms with Crippen LogP contribution in [0.15, 0.2) is 12.3 Å². The first-order valence-corrected chi connectivity index (χ1v) is 7.37. The third-order valence-corrected chi connectivity index (χ3v) is 3.66. The fourth-order valence-corrected chi connectivity index (χ4v) is 2.45. The predicted octanol–water partition coefficient (Wildman–Crippen LogP) is 1.71. The number of nitrogens with one attached hydrogen (secondary N) is 2. The van der Waals surface area contributed by atoms with Gasteiger partial charge in [-0.1, -0.05) is 43.3 Å². The Morgan fingerprint density at radius 1 is 1.67 bits per heavy atom. The van der Waals surface area contributed by atoms with E-state index in [1.807, 2.05) is 13.8 Å². The summed E-state index contributed by atoms with van der Waals surface area (Å²) >= 11 is 7.06. The van der Waals surface area contributed by atoms with Gasteiger partial charge in [0.05, 0.1) is 0 Å². The quantitative estimate of drug-likeness (QED) is 0.450. The topological polar surface area (TPSA) is 57.3 Å². The minimum absolute atomic E-state index is 0. The first-order chi connectivity index (χ1) is 9.60. The summed E-state index contributed by atoms with van der Waals surface area (Å²) in [4.78, 5) is 15.7. The van der Waals surface area contributed by atoms with Crippen LogP contribution < -0.4 is 10.7 Å². The van der Waals surface area contributed by atoms with Crippen molar-refractivity contribution in [3.05, 3.63) is 29.0 Å². The van der Waals surface area contributed by atoms with Gasteiger partial charge in [0, 0.05) is 44.9 Å². The van der Waals surface area contributed by atoms with Crippen LogP contribution >= 0.6 is 23.4 Å². The van der Waals surface area contributed by atoms with Crippen molar-refractivity contribution in [3.63, 3.8) is 0 Å². The summed E-state index contributed by atoms with van der Waals surface area (Å²) in [6.45, 7) is 4.00. The van der Waals surface area contributed by atoms with Crippen LogP contribution in [0.3, 0.4) is 0 Å². The number of carbonyl (C=O) groups excluding carboxylic acids is 1. The van der Waals surface area contributed by atoms with Crippen molar-refractivity contribution in [1.29, 1.82) is 0 Å². The van der Waals surface area contributed by atoms with Gasteiger partial charge in [-0.2, -0.15) is 0 Å². The van der Waals surface area contributed by atoms with Gasteiger partial charge in [0.25, 0.3) is 0 Å². The first kappa shape index (κ1) is 20.8. The summed E-state index contributed by atoms with van der Waals surface area (Å²) in [5.41, 5.74) is 3.12. The summed E-state index contributed by atoms with van der Waals surface area (Å²) in [5, 5.41) is 4.71. The second-order valence-electron chi connectivity index (χ2n) is 3.53. The molecule has 21 heavy (non-hydrogen) atoms. The monoisotopic (exact) mass is 400 g/mol. The van der Waals surface area contributed by atoms with Crippen molar-refractivity contribution in [2.75, 3.05) is 7.05 Å². The first-order valence-electron chi connectivity index (χ1n) is 6.05. The number of hydrogen-bond donors (Lipinski definition) is 2. The minimum Gasteiger partial charge on any atom is -0.367 e. The number of aromatic nitrogens is 1. The molecule has 2 N–H and O–H groups in total. The van der Waals surface area contributed by atoms with Gasteiger partial charge in [0.15, 0.2) is 5.91 Å². The Morgan fingerprint density at radius 3 is 2.81 bits per heavy atom. The van der Waals surface area contributed by atoms with E-state index in [2.05, 4.69) is 27.7 Å². The molecular weight excluding hydrogens is 385 g/mol. The Balaban J connectivity index is 0.00000128. The van der Waals surface area contributed by atoms with E-state index in [-0.39, 0.29) is 49.5 Å². The van der Waals surface area contributed by atoms with E-state index in [1.54, 1.807) is 12.1 Å². The molecule has 2 atom stereocenters. The molecule has 1 aliphatic rings. The smallest absolute Gasteiger partial charge is 0.168 e. The van der Waals surface area contributed by atoms with Gasteiger partial charge in [0.2, 0.25) is 0 Å². The van der Waals surface area contributed by atoms with E-state index in [0.717, 1.165) is 0 Å². The van der Waals surface area contributed by atoms with E-state index in [4.69, 9.17) is 18.0 Å². The van der Waals surface area contributed by atoms with Gasteiger partial charge >= 0.3 is 0 Å². The molecule has 1 saturated heterocycles. The molecule has 0 spiro atoms. The van der Waals surface area contributed by atoms with Crippen molar-refractivity contribution in [2.45, 2.75) is 24.7 Å². The summed E-state index contributed by atoms with van der Waals surface area (Å²) in [6.07, 6.45) is 6.69. The summed E-state index contributed by atoms with van der Waals surface area (Å²) in [6, 6.07) is 4.20. The van der Waals surface area contributed by atoms with Crippen LogP contribution in [0.2, 0.25) is 5.15 Å². The number of nitrogens with zero attached hydrogens (tertiary/aromatic N) is 2. The molecule has 1 aromatic heterocycles. The number of amides is 1. The SMILES string of the molecule is C#CC1NN(C)C(NC(=O)c2[c-]cc(Cl)nc2)S1.CC.[Y]. The summed E-state index contributed by atoms with van der Waals surface area (Å²) in [5.74, 6) is 2.29. The number of hydrazine groups is 1. The molecule has 0 bridgehead atoms. The van der Waals surface area contributed by atoms with Crippen LogP contribution in [-0.4, -0.2) is 33.8 Å². The number of thioether (sulfide) groups is 1. The number of pyridine rings is 1. The largest absolute Gasteiger partial charge is 0.367 e. The van der Waals surface area contributed by atoms with Gasteiger partial charge in [-0.3, -0.25) is 0 Å². The van der Waals surface area contributed by atoms with Crippen LogP contribution in [0.25, 0.3) is 0 Å². The van der Waals surface area contributed by atoms with Gasteiger partial charge in [-0.05, 0) is 0 Å². The Kier molecular flexibility index (Phi) is 10.5. The molecule has 1 amide bonds. The molecule has 2 heterocycles. The van der Waals surface area contributed by atoms with Gasteiger partial charge in [-0.25, -0.2) is 10.4 Å². The fraction of sp³-hybridized carbons (Fsp3) is 0.385. The molecule has 111 valence electrons. The van der Waals surface area contributed by atoms with Crippen LogP contribution in [0.5, 0.6) is 0 Å². The molecule has 0 saturated carbocycles. The molecule has 1 fully saturated rings. The van der Waals surface area contributed by atoms with Crippen LogP contribution in [0.1, 0.15) is 24.2 Å². The third-order valence-electron chi connectivity index (χ3n) is 2.25. The zero-order valence-electron chi connectivity index (χ0n) is 12.1. The van der Waals surface area contributed by atoms with Gasteiger partial charge in [-0.15, -0.1) is 30.2 Å². The number of terminal acetylenes is 1. The van der Waals surface area contributed by atoms with Crippen molar-refractivity contribution in [3.8, 4) is 12.3 Å². The van der Waals surface area contributed by atoms with E-state index < -0.39 is 0 Å². The Labute approximate surface area is 159 Å². The third kappa shape index (κ3) is 6.23. The molecule has 0 aromatic carbocycles. The van der Waals surface area contributed by atoms with E-state index in [1.165, 1.54) is 24.0 Å². The Bertz CT molecular complexity index is 494. The Hall–Kier alpha value is -0.156. The molecular formula is C13H16ClN4OSY-. The van der Waals surface area contributed by atoms with Crippen LogP contribution in [0, 0.1) is 18.4 Å². The average molecular weight is 401 g/mol. The number of halogens is 1. The normalized spacial score (nSPS) is 20.5. The minimum atomic E-state index is -0.275. The maximum absolute atomic E-state index is 11.9. The molecule has 1 aliphatic heterocycles. The standard InChI is InChI=1S/C11H10ClN4OS.C2H6.Y/c1-3-9-15-16(2)11(18-9)14-10(17)7-4-5-8(12)13-6-7;1-2;/h1,5-6,9,11,15H,2H3,(H,14,17);1-2H3;/q-1;;. The summed E-state index contributed by atoms with van der Waals surface area (Å²) < 4.78 is 0. The Morgan fingerprint density at radius 2 is 2.33 bits per heavy atom. The average Bonchev–Trinajstić information content (AvgIpc) is 2.82. The van der Waals surface area contributed by atoms with Crippen molar-refractivity contribution in [2.24, 2.45) is 0 Å². The zero-order chi connectivity index (χ0) is 15.1. The number of carbonyl (C=O) groups is 1. The molecule has 2 unspecified atom stereocenters. The molecule has 5 nitrogen and oxygen atoms in total. The molecule has 1 radical (unpaired) electrons. The zero-order valence-corrected chi connectivity index (χ0v) is 16.5. The van der Waals surface area contributed by atoms with Gasteiger partial charge < -0.3 is 15.1 Å². The maximum Gasteiger partial charge on any atom is 0.168 e. The maximum atomic E-state index is 11.9. The molecule has 2 rings (SSSR count). The molecule has 1 aromatic rings. The fourth-order valence-electron chi connectivity index (χ4n) is 1.36. The predicted molar refractivity (Wildman–Crippen MR) is 81.8 cm³/mol. The van der Waals surface area contributed by atoms with Crippen LogP contribution in [-0.2, 0) is 32.7 Å². The van der Waals surface area contributed by atoms with Crippen molar-refractivity contribution in [1.82, 2.24) is 20.7 Å². The molecule has 0 aliphatic carbocycles.